The van der Waals surface area contributed by atoms with Gasteiger partial charge in [0.1, 0.15) is 12.4 Å². The first-order chi connectivity index (χ1) is 24.2. The molecule has 1 saturated carbocycles. The van der Waals surface area contributed by atoms with Crippen molar-refractivity contribution in [2.24, 2.45) is 0 Å². The molecule has 2 saturated heterocycles. The Labute approximate surface area is 297 Å². The summed E-state index contributed by atoms with van der Waals surface area (Å²) in [7, 11) is 1.68. The number of fused-ring (bicyclic) bond motifs is 2. The van der Waals surface area contributed by atoms with Crippen molar-refractivity contribution in [3.05, 3.63) is 78.4 Å². The fraction of sp³-hybridized carbons (Fsp3) is 0.410. The number of aromatic nitrogens is 1. The summed E-state index contributed by atoms with van der Waals surface area (Å²) >= 11 is 3.71. The molecule has 1 aliphatic carbocycles. The molecule has 0 unspecified atom stereocenters. The van der Waals surface area contributed by atoms with Gasteiger partial charge in [0.05, 0.1) is 39.2 Å². The number of nitrogens with one attached hydrogen (secondary N) is 1. The lowest BCUT2D eigenvalue weighted by molar-refractivity contribution is 0.00560. The number of ether oxygens (including phenoxy) is 4. The molecule has 4 aliphatic rings. The highest BCUT2D eigenvalue weighted by atomic mass is 32.2. The molecule has 3 aromatic carbocycles. The van der Waals surface area contributed by atoms with Crippen LogP contribution in [0.2, 0.25) is 0 Å². The quantitative estimate of drug-likeness (QED) is 0.165. The highest BCUT2D eigenvalue weighted by molar-refractivity contribution is 8.05. The molecule has 0 amide bonds. The van der Waals surface area contributed by atoms with E-state index in [1.165, 1.54) is 51.0 Å². The van der Waals surface area contributed by atoms with Crippen LogP contribution in [0.25, 0.3) is 11.3 Å². The minimum atomic E-state index is 0.429. The first kappa shape index (κ1) is 32.8. The maximum atomic E-state index is 6.34. The molecule has 2 atom stereocenters. The first-order valence-electron chi connectivity index (χ1n) is 17.5. The van der Waals surface area contributed by atoms with E-state index >= 15 is 0 Å². The van der Waals surface area contributed by atoms with Crippen LogP contribution in [-0.2, 0) is 16.1 Å². The van der Waals surface area contributed by atoms with E-state index in [2.05, 4.69) is 63.6 Å². The second-order valence-corrected chi connectivity index (χ2v) is 15.2. The average Bonchev–Trinajstić information content (AvgIpc) is 3.17. The van der Waals surface area contributed by atoms with Gasteiger partial charge < -0.3 is 29.2 Å². The smallest absolute Gasteiger partial charge is 0.216 e. The number of hydrogen-bond donors (Lipinski definition) is 1. The zero-order valence-electron chi connectivity index (χ0n) is 28.1. The molecule has 256 valence electrons. The Hall–Kier alpha value is -3.41. The molecule has 3 fully saturated rings. The molecular weight excluding hydrogens is 653 g/mol. The van der Waals surface area contributed by atoms with Crippen molar-refractivity contribution in [1.29, 1.82) is 0 Å². The molecule has 0 spiro atoms. The van der Waals surface area contributed by atoms with Crippen molar-refractivity contribution < 1.29 is 18.9 Å². The van der Waals surface area contributed by atoms with Gasteiger partial charge in [-0.15, -0.1) is 0 Å². The fourth-order valence-corrected chi connectivity index (χ4v) is 9.73. The van der Waals surface area contributed by atoms with E-state index in [-0.39, 0.29) is 0 Å². The molecule has 8 nitrogen and oxygen atoms in total. The van der Waals surface area contributed by atoms with Crippen LogP contribution in [0.3, 0.4) is 0 Å². The van der Waals surface area contributed by atoms with Gasteiger partial charge in [-0.05, 0) is 60.9 Å². The zero-order chi connectivity index (χ0) is 33.0. The van der Waals surface area contributed by atoms with Gasteiger partial charge in [-0.3, -0.25) is 4.90 Å². The third-order valence-electron chi connectivity index (χ3n) is 9.94. The van der Waals surface area contributed by atoms with Crippen molar-refractivity contribution >= 4 is 34.9 Å². The summed E-state index contributed by atoms with van der Waals surface area (Å²) in [4.78, 5) is 15.2. The van der Waals surface area contributed by atoms with E-state index in [0.717, 1.165) is 80.9 Å². The van der Waals surface area contributed by atoms with Crippen molar-refractivity contribution in [2.75, 3.05) is 69.9 Å². The third-order valence-corrected chi connectivity index (χ3v) is 12.5. The normalized spacial score (nSPS) is 21.0. The van der Waals surface area contributed by atoms with Crippen LogP contribution in [0.1, 0.15) is 31.2 Å². The Bertz CT molecular complexity index is 1740. The maximum Gasteiger partial charge on any atom is 0.216 e. The minimum Gasteiger partial charge on any atom is -0.497 e. The summed E-state index contributed by atoms with van der Waals surface area (Å²) in [6.45, 7) is 7.33. The lowest BCUT2D eigenvalue weighted by atomic mass is 9.88. The highest BCUT2D eigenvalue weighted by Gasteiger charge is 2.31. The Kier molecular flexibility index (Phi) is 10.2. The minimum absolute atomic E-state index is 0.429. The molecule has 4 heterocycles. The number of pyridine rings is 1. The van der Waals surface area contributed by atoms with Crippen molar-refractivity contribution in [3.8, 4) is 22.9 Å². The van der Waals surface area contributed by atoms with Gasteiger partial charge >= 0.3 is 0 Å². The Balaban J connectivity index is 1.04. The van der Waals surface area contributed by atoms with Gasteiger partial charge in [-0.2, -0.15) is 0 Å². The highest BCUT2D eigenvalue weighted by Crippen LogP contribution is 2.52. The number of benzene rings is 3. The lowest BCUT2D eigenvalue weighted by Gasteiger charge is -2.42. The largest absolute Gasteiger partial charge is 0.497 e. The standard InChI is InChI=1S/C39H44N4O4S2/c1-44-30-12-9-27(10-13-30)26-47-38-25-29(42-15-19-45-20-16-42)24-33(41-38)31-5-4-8-36-39(31)49-35-14-11-28(23-37(35)48-36)40-32-6-2-3-7-34(32)43-17-21-46-22-18-43/h4-5,8-14,23-25,32,34,40H,2-3,6-7,15-22,26H2,1H3/t32-,34+/m1/s1. The van der Waals surface area contributed by atoms with Crippen LogP contribution in [-0.4, -0.2) is 81.7 Å². The van der Waals surface area contributed by atoms with E-state index in [0.29, 0.717) is 24.6 Å². The van der Waals surface area contributed by atoms with E-state index < -0.39 is 0 Å². The van der Waals surface area contributed by atoms with Crippen LogP contribution in [0.15, 0.2) is 92.4 Å². The lowest BCUT2D eigenvalue weighted by Crippen LogP contribution is -2.52. The molecule has 4 aromatic rings. The summed E-state index contributed by atoms with van der Waals surface area (Å²) < 4.78 is 23.0. The topological polar surface area (TPSA) is 68.3 Å². The average molecular weight is 697 g/mol. The fourth-order valence-electron chi connectivity index (χ4n) is 7.32. The molecule has 1 aromatic heterocycles. The molecule has 1 N–H and O–H groups in total. The SMILES string of the molecule is COc1ccc(COc2cc(N3CCOCC3)cc(-c3cccc4c3Sc3ccc(N[C@@H]5CCCC[C@@H]5N5CCOCC5)cc3S4)n2)cc1. The van der Waals surface area contributed by atoms with Gasteiger partial charge in [0.2, 0.25) is 5.88 Å². The number of rotatable bonds is 9. The number of anilines is 2. The Morgan fingerprint density at radius 1 is 0.816 bits per heavy atom. The summed E-state index contributed by atoms with van der Waals surface area (Å²) in [5.74, 6) is 1.45. The van der Waals surface area contributed by atoms with Gasteiger partial charge in [0.15, 0.2) is 0 Å². The van der Waals surface area contributed by atoms with Crippen LogP contribution in [0, 0.1) is 0 Å². The molecule has 49 heavy (non-hydrogen) atoms. The van der Waals surface area contributed by atoms with Gasteiger partial charge in [0.25, 0.3) is 0 Å². The van der Waals surface area contributed by atoms with Gasteiger partial charge in [-0.25, -0.2) is 4.98 Å². The van der Waals surface area contributed by atoms with Crippen molar-refractivity contribution in [1.82, 2.24) is 9.88 Å². The summed E-state index contributed by atoms with van der Waals surface area (Å²) in [6, 6.07) is 26.8. The van der Waals surface area contributed by atoms with Crippen LogP contribution in [0.4, 0.5) is 11.4 Å². The second kappa shape index (κ2) is 15.2. The molecule has 0 bridgehead atoms. The van der Waals surface area contributed by atoms with E-state index in [1.807, 2.05) is 47.8 Å². The molecule has 10 heteroatoms. The zero-order valence-corrected chi connectivity index (χ0v) is 29.7. The molecule has 3 aliphatic heterocycles. The Morgan fingerprint density at radius 2 is 1.61 bits per heavy atom. The summed E-state index contributed by atoms with van der Waals surface area (Å²) in [5, 5.41) is 3.96. The van der Waals surface area contributed by atoms with E-state index in [1.54, 1.807) is 7.11 Å². The summed E-state index contributed by atoms with van der Waals surface area (Å²) in [5.41, 5.74) is 5.44. The van der Waals surface area contributed by atoms with Crippen LogP contribution < -0.4 is 19.7 Å². The maximum absolute atomic E-state index is 6.34. The van der Waals surface area contributed by atoms with Gasteiger partial charge in [-0.1, -0.05) is 60.6 Å². The predicted molar refractivity (Wildman–Crippen MR) is 197 cm³/mol. The number of methoxy groups -OCH3 is 1. The number of nitrogens with zero attached hydrogens (tertiary/aromatic N) is 3. The summed E-state index contributed by atoms with van der Waals surface area (Å²) in [6.07, 6.45) is 5.09. The second-order valence-electron chi connectivity index (χ2n) is 13.0. The van der Waals surface area contributed by atoms with E-state index in [4.69, 9.17) is 23.9 Å². The monoisotopic (exact) mass is 696 g/mol. The molecule has 8 rings (SSSR count). The van der Waals surface area contributed by atoms with Crippen LogP contribution in [0.5, 0.6) is 11.6 Å². The van der Waals surface area contributed by atoms with Crippen LogP contribution >= 0.6 is 23.5 Å². The number of morpholine rings is 2. The van der Waals surface area contributed by atoms with Gasteiger partial charge in [0, 0.05) is 80.8 Å². The van der Waals surface area contributed by atoms with Crippen molar-refractivity contribution in [3.63, 3.8) is 0 Å². The third kappa shape index (κ3) is 7.54. The Morgan fingerprint density at radius 3 is 2.43 bits per heavy atom. The number of hydrogen-bond acceptors (Lipinski definition) is 10. The predicted octanol–water partition coefficient (Wildman–Crippen LogP) is 7.84. The van der Waals surface area contributed by atoms with Crippen molar-refractivity contribution in [2.45, 2.75) is 64.0 Å². The first-order valence-corrected chi connectivity index (χ1v) is 19.2. The molecule has 0 radical (unpaired) electrons. The van der Waals surface area contributed by atoms with E-state index in [9.17, 15) is 0 Å². The molecular formula is C39H44N4O4S2.